The van der Waals surface area contributed by atoms with E-state index in [1.54, 1.807) is 20.2 Å². The molecule has 108 valence electrons. The quantitative estimate of drug-likeness (QED) is 0.715. The zero-order chi connectivity index (χ0) is 13.2. The molecule has 1 aromatic rings. The zero-order valence-electron chi connectivity index (χ0n) is 11.3. The zero-order valence-corrected chi connectivity index (χ0v) is 12.1. The Morgan fingerprint density at radius 3 is 2.79 bits per heavy atom. The molecule has 19 heavy (non-hydrogen) atoms. The Morgan fingerprint density at radius 1 is 1.32 bits per heavy atom. The molecule has 2 N–H and O–H groups in total. The monoisotopic (exact) mass is 288 g/mol. The van der Waals surface area contributed by atoms with Gasteiger partial charge in [0.15, 0.2) is 0 Å². The first kappa shape index (κ1) is 17.7. The molecule has 0 aliphatic carbocycles. The van der Waals surface area contributed by atoms with Crippen LogP contribution < -0.4 is 15.4 Å². The van der Waals surface area contributed by atoms with Gasteiger partial charge in [-0.05, 0) is 19.2 Å². The highest BCUT2D eigenvalue weighted by Crippen LogP contribution is 2.17. The lowest BCUT2D eigenvalue weighted by atomic mass is 10.3. The van der Waals surface area contributed by atoms with Crippen molar-refractivity contribution in [1.29, 1.82) is 0 Å². The fourth-order valence-corrected chi connectivity index (χ4v) is 1.42. The maximum absolute atomic E-state index is 11.4. The summed E-state index contributed by atoms with van der Waals surface area (Å²) < 4.78 is 10.5. The SMILES string of the molecule is CNCC(=O)Nc1cccc(OCCCOC)c1.Cl. The number of amides is 1. The number of nitrogens with one attached hydrogen (secondary N) is 2. The number of likely N-dealkylation sites (N-methyl/N-ethyl adjacent to an activating group) is 1. The van der Waals surface area contributed by atoms with Crippen LogP contribution in [0.4, 0.5) is 5.69 Å². The lowest BCUT2D eigenvalue weighted by Crippen LogP contribution is -2.25. The van der Waals surface area contributed by atoms with Crippen molar-refractivity contribution in [2.24, 2.45) is 0 Å². The topological polar surface area (TPSA) is 59.6 Å². The van der Waals surface area contributed by atoms with Gasteiger partial charge in [0.1, 0.15) is 5.75 Å². The number of hydrogen-bond acceptors (Lipinski definition) is 4. The third-order valence-corrected chi connectivity index (χ3v) is 2.22. The normalized spacial score (nSPS) is 9.58. The average molecular weight is 289 g/mol. The number of ether oxygens (including phenoxy) is 2. The van der Waals surface area contributed by atoms with E-state index in [0.717, 1.165) is 17.9 Å². The summed E-state index contributed by atoms with van der Waals surface area (Å²) in [6, 6.07) is 7.34. The van der Waals surface area contributed by atoms with Crippen molar-refractivity contribution in [3.63, 3.8) is 0 Å². The third-order valence-electron chi connectivity index (χ3n) is 2.22. The average Bonchev–Trinajstić information content (AvgIpc) is 2.35. The Morgan fingerprint density at radius 2 is 2.11 bits per heavy atom. The van der Waals surface area contributed by atoms with Crippen LogP contribution in [0.1, 0.15) is 6.42 Å². The lowest BCUT2D eigenvalue weighted by molar-refractivity contribution is -0.115. The molecular weight excluding hydrogens is 268 g/mol. The molecule has 0 bridgehead atoms. The van der Waals surface area contributed by atoms with E-state index >= 15 is 0 Å². The second-order valence-electron chi connectivity index (χ2n) is 3.80. The standard InChI is InChI=1S/C13H20N2O3.ClH/c1-14-10-13(16)15-11-5-3-6-12(9-11)18-8-4-7-17-2;/h3,5-6,9,14H,4,7-8,10H2,1-2H3,(H,15,16);1H. The van der Waals surface area contributed by atoms with Gasteiger partial charge in [0.25, 0.3) is 0 Å². The van der Waals surface area contributed by atoms with Crippen LogP contribution in [0.25, 0.3) is 0 Å². The summed E-state index contributed by atoms with van der Waals surface area (Å²) in [6.45, 7) is 1.57. The first-order valence-electron chi connectivity index (χ1n) is 5.92. The molecule has 0 atom stereocenters. The maximum atomic E-state index is 11.4. The highest BCUT2D eigenvalue weighted by Gasteiger charge is 2.01. The van der Waals surface area contributed by atoms with Crippen LogP contribution in [0.3, 0.4) is 0 Å². The number of anilines is 1. The van der Waals surface area contributed by atoms with Crippen LogP contribution in [0, 0.1) is 0 Å². The van der Waals surface area contributed by atoms with Gasteiger partial charge in [-0.1, -0.05) is 6.07 Å². The molecule has 0 aliphatic rings. The summed E-state index contributed by atoms with van der Waals surface area (Å²) >= 11 is 0. The van der Waals surface area contributed by atoms with Crippen LogP contribution in [0.5, 0.6) is 5.75 Å². The van der Waals surface area contributed by atoms with Gasteiger partial charge in [-0.25, -0.2) is 0 Å². The fraction of sp³-hybridized carbons (Fsp3) is 0.462. The summed E-state index contributed by atoms with van der Waals surface area (Å²) in [4.78, 5) is 11.4. The lowest BCUT2D eigenvalue weighted by Gasteiger charge is -2.09. The molecule has 5 nitrogen and oxygen atoms in total. The highest BCUT2D eigenvalue weighted by atomic mass is 35.5. The molecule has 0 heterocycles. The van der Waals surface area contributed by atoms with Crippen molar-refractivity contribution in [2.75, 3.05) is 39.2 Å². The van der Waals surface area contributed by atoms with E-state index < -0.39 is 0 Å². The number of halogens is 1. The Labute approximate surface area is 120 Å². The second-order valence-corrected chi connectivity index (χ2v) is 3.80. The molecule has 1 rings (SSSR count). The van der Waals surface area contributed by atoms with Gasteiger partial charge in [-0.2, -0.15) is 0 Å². The Balaban J connectivity index is 0.00000324. The maximum Gasteiger partial charge on any atom is 0.238 e. The van der Waals surface area contributed by atoms with Gasteiger partial charge in [0.2, 0.25) is 5.91 Å². The fourth-order valence-electron chi connectivity index (χ4n) is 1.42. The van der Waals surface area contributed by atoms with E-state index in [2.05, 4.69) is 10.6 Å². The molecule has 1 amide bonds. The smallest absolute Gasteiger partial charge is 0.238 e. The molecule has 6 heteroatoms. The summed E-state index contributed by atoms with van der Waals surface area (Å²) in [6.07, 6.45) is 0.840. The summed E-state index contributed by atoms with van der Waals surface area (Å²) in [5.74, 6) is 0.669. The predicted molar refractivity (Wildman–Crippen MR) is 78.2 cm³/mol. The number of rotatable bonds is 8. The molecule has 0 radical (unpaired) electrons. The number of carbonyl (C=O) groups is 1. The van der Waals surface area contributed by atoms with Crippen molar-refractivity contribution >= 4 is 24.0 Å². The Kier molecular flexibility index (Phi) is 9.88. The van der Waals surface area contributed by atoms with Crippen molar-refractivity contribution in [3.05, 3.63) is 24.3 Å². The summed E-state index contributed by atoms with van der Waals surface area (Å²) in [5.41, 5.74) is 0.736. The minimum atomic E-state index is -0.0750. The minimum absolute atomic E-state index is 0. The van der Waals surface area contributed by atoms with Crippen LogP contribution in [-0.2, 0) is 9.53 Å². The van der Waals surface area contributed by atoms with Crippen molar-refractivity contribution < 1.29 is 14.3 Å². The van der Waals surface area contributed by atoms with Crippen molar-refractivity contribution in [3.8, 4) is 5.75 Å². The number of hydrogen-bond donors (Lipinski definition) is 2. The Hall–Kier alpha value is -1.30. The summed E-state index contributed by atoms with van der Waals surface area (Å²) in [7, 11) is 3.40. The number of carbonyl (C=O) groups excluding carboxylic acids is 1. The van der Waals surface area contributed by atoms with Gasteiger partial charge in [0.05, 0.1) is 13.2 Å². The molecule has 0 unspecified atom stereocenters. The van der Waals surface area contributed by atoms with Gasteiger partial charge in [0, 0.05) is 31.9 Å². The van der Waals surface area contributed by atoms with Crippen LogP contribution in [0.2, 0.25) is 0 Å². The van der Waals surface area contributed by atoms with E-state index in [1.165, 1.54) is 0 Å². The molecule has 0 fully saturated rings. The molecular formula is C13H21ClN2O3. The van der Waals surface area contributed by atoms with E-state index in [0.29, 0.717) is 19.8 Å². The van der Waals surface area contributed by atoms with Crippen LogP contribution in [0.15, 0.2) is 24.3 Å². The largest absolute Gasteiger partial charge is 0.493 e. The second kappa shape index (κ2) is 10.6. The highest BCUT2D eigenvalue weighted by molar-refractivity contribution is 5.92. The molecule has 0 saturated heterocycles. The van der Waals surface area contributed by atoms with E-state index in [-0.39, 0.29) is 18.3 Å². The van der Waals surface area contributed by atoms with Crippen molar-refractivity contribution in [1.82, 2.24) is 5.32 Å². The van der Waals surface area contributed by atoms with E-state index in [9.17, 15) is 4.79 Å². The third kappa shape index (κ3) is 7.66. The number of benzene rings is 1. The molecule has 0 spiro atoms. The van der Waals surface area contributed by atoms with Gasteiger partial charge in [-0.3, -0.25) is 4.79 Å². The number of methoxy groups -OCH3 is 1. The van der Waals surface area contributed by atoms with Crippen LogP contribution in [-0.4, -0.2) is 39.8 Å². The molecule has 0 aromatic heterocycles. The first-order valence-corrected chi connectivity index (χ1v) is 5.92. The first-order chi connectivity index (χ1) is 8.76. The van der Waals surface area contributed by atoms with Crippen LogP contribution >= 0.6 is 12.4 Å². The Bertz CT molecular complexity index is 375. The molecule has 0 saturated carbocycles. The van der Waals surface area contributed by atoms with Crippen molar-refractivity contribution in [2.45, 2.75) is 6.42 Å². The van der Waals surface area contributed by atoms with Gasteiger partial charge in [-0.15, -0.1) is 12.4 Å². The van der Waals surface area contributed by atoms with Gasteiger partial charge < -0.3 is 20.1 Å². The minimum Gasteiger partial charge on any atom is -0.493 e. The predicted octanol–water partition coefficient (Wildman–Crippen LogP) is 1.68. The summed E-state index contributed by atoms with van der Waals surface area (Å²) in [5, 5.41) is 5.57. The van der Waals surface area contributed by atoms with E-state index in [4.69, 9.17) is 9.47 Å². The van der Waals surface area contributed by atoms with Gasteiger partial charge >= 0.3 is 0 Å². The molecule has 1 aromatic carbocycles. The molecule has 0 aliphatic heterocycles. The van der Waals surface area contributed by atoms with E-state index in [1.807, 2.05) is 18.2 Å².